The van der Waals surface area contributed by atoms with E-state index in [0.717, 1.165) is 12.0 Å². The van der Waals surface area contributed by atoms with Gasteiger partial charge in [0, 0.05) is 0 Å². The SMILES string of the molecule is N#Cc1cccc2c1C2. The summed E-state index contributed by atoms with van der Waals surface area (Å²) in [6, 6.07) is 8.01. The summed E-state index contributed by atoms with van der Waals surface area (Å²) in [6.45, 7) is 0. The number of hydrogen-bond acceptors (Lipinski definition) is 1. The molecule has 1 heteroatoms. The quantitative estimate of drug-likeness (QED) is 0.510. The Morgan fingerprint density at radius 1 is 1.44 bits per heavy atom. The van der Waals surface area contributed by atoms with Crippen molar-refractivity contribution in [3.8, 4) is 6.07 Å². The standard InChI is InChI=1S/C8H5N/c9-5-7-3-1-2-6-4-8(6)7/h1-3H,4H2. The van der Waals surface area contributed by atoms with Gasteiger partial charge in [-0.3, -0.25) is 0 Å². The zero-order chi connectivity index (χ0) is 6.27. The fourth-order valence-corrected chi connectivity index (χ4v) is 1.04. The maximum Gasteiger partial charge on any atom is 0.0994 e. The topological polar surface area (TPSA) is 23.8 Å². The molecule has 1 aromatic rings. The van der Waals surface area contributed by atoms with Gasteiger partial charge in [-0.15, -0.1) is 0 Å². The fourth-order valence-electron chi connectivity index (χ4n) is 1.04. The average molecular weight is 115 g/mol. The Hall–Kier alpha value is -1.29. The average Bonchev–Trinajstić information content (AvgIpc) is 2.64. The van der Waals surface area contributed by atoms with Crippen LogP contribution in [0.2, 0.25) is 0 Å². The molecule has 1 aliphatic rings. The van der Waals surface area contributed by atoms with Crippen LogP contribution in [0.4, 0.5) is 0 Å². The molecule has 0 spiro atoms. The summed E-state index contributed by atoms with van der Waals surface area (Å²) < 4.78 is 0. The molecule has 0 heterocycles. The van der Waals surface area contributed by atoms with Crippen LogP contribution in [0.15, 0.2) is 18.2 Å². The molecule has 0 aromatic heterocycles. The second-order valence-corrected chi connectivity index (χ2v) is 2.23. The van der Waals surface area contributed by atoms with Gasteiger partial charge in [-0.05, 0) is 23.6 Å². The molecule has 42 valence electrons. The fraction of sp³-hybridized carbons (Fsp3) is 0.125. The summed E-state index contributed by atoms with van der Waals surface area (Å²) in [5.41, 5.74) is 3.45. The van der Waals surface area contributed by atoms with Crippen LogP contribution in [-0.2, 0) is 6.42 Å². The number of rotatable bonds is 0. The Bertz CT molecular complexity index is 294. The minimum absolute atomic E-state index is 0.854. The lowest BCUT2D eigenvalue weighted by Crippen LogP contribution is -1.67. The third-order valence-corrected chi connectivity index (χ3v) is 1.64. The van der Waals surface area contributed by atoms with Crippen LogP contribution in [0.1, 0.15) is 16.7 Å². The maximum atomic E-state index is 8.50. The molecule has 0 unspecified atom stereocenters. The van der Waals surface area contributed by atoms with Crippen LogP contribution in [0.3, 0.4) is 0 Å². The first-order valence-corrected chi connectivity index (χ1v) is 2.92. The van der Waals surface area contributed by atoms with Gasteiger partial charge < -0.3 is 0 Å². The molecular weight excluding hydrogens is 110 g/mol. The zero-order valence-corrected chi connectivity index (χ0v) is 4.89. The first kappa shape index (κ1) is 4.58. The van der Waals surface area contributed by atoms with E-state index >= 15 is 0 Å². The molecular formula is C8H5N. The lowest BCUT2D eigenvalue weighted by Gasteiger charge is -1.79. The van der Waals surface area contributed by atoms with Crippen molar-refractivity contribution < 1.29 is 0 Å². The summed E-state index contributed by atoms with van der Waals surface area (Å²) in [6.07, 6.45) is 1.04. The number of fused-ring (bicyclic) bond motifs is 1. The van der Waals surface area contributed by atoms with Crippen LogP contribution in [0, 0.1) is 11.3 Å². The summed E-state index contributed by atoms with van der Waals surface area (Å²) in [5, 5.41) is 8.50. The van der Waals surface area contributed by atoms with Crippen molar-refractivity contribution in [1.82, 2.24) is 0 Å². The van der Waals surface area contributed by atoms with Gasteiger partial charge >= 0.3 is 0 Å². The number of nitrogens with zero attached hydrogens (tertiary/aromatic N) is 1. The molecule has 0 radical (unpaired) electrons. The largest absolute Gasteiger partial charge is 0.192 e. The van der Waals surface area contributed by atoms with Gasteiger partial charge in [-0.25, -0.2) is 0 Å². The third-order valence-electron chi connectivity index (χ3n) is 1.64. The van der Waals surface area contributed by atoms with Crippen LogP contribution in [0.25, 0.3) is 0 Å². The van der Waals surface area contributed by atoms with Crippen molar-refractivity contribution in [2.24, 2.45) is 0 Å². The van der Waals surface area contributed by atoms with Gasteiger partial charge in [0.1, 0.15) is 0 Å². The van der Waals surface area contributed by atoms with Gasteiger partial charge in [-0.2, -0.15) is 5.26 Å². The number of benzene rings is 1. The molecule has 0 saturated heterocycles. The second kappa shape index (κ2) is 1.35. The molecule has 0 aliphatic heterocycles. The Morgan fingerprint density at radius 3 is 3.00 bits per heavy atom. The summed E-state index contributed by atoms with van der Waals surface area (Å²) in [7, 11) is 0. The van der Waals surface area contributed by atoms with Crippen molar-refractivity contribution in [2.75, 3.05) is 0 Å². The van der Waals surface area contributed by atoms with Crippen molar-refractivity contribution in [2.45, 2.75) is 6.42 Å². The van der Waals surface area contributed by atoms with Crippen LogP contribution < -0.4 is 0 Å². The van der Waals surface area contributed by atoms with Crippen molar-refractivity contribution >= 4 is 0 Å². The van der Waals surface area contributed by atoms with Crippen LogP contribution in [0.5, 0.6) is 0 Å². The molecule has 0 atom stereocenters. The van der Waals surface area contributed by atoms with Gasteiger partial charge in [0.2, 0.25) is 0 Å². The molecule has 1 aromatic carbocycles. The van der Waals surface area contributed by atoms with Crippen molar-refractivity contribution in [3.63, 3.8) is 0 Å². The molecule has 1 nitrogen and oxygen atoms in total. The molecule has 1 aliphatic carbocycles. The second-order valence-electron chi connectivity index (χ2n) is 2.23. The third kappa shape index (κ3) is 0.533. The highest BCUT2D eigenvalue weighted by atomic mass is 14.3. The van der Waals surface area contributed by atoms with Crippen LogP contribution >= 0.6 is 0 Å². The normalized spacial score (nSPS) is 11.9. The molecule has 2 rings (SSSR count). The molecule has 9 heavy (non-hydrogen) atoms. The maximum absolute atomic E-state index is 8.50. The molecule has 0 fully saturated rings. The molecule has 0 N–H and O–H groups in total. The number of nitriles is 1. The van der Waals surface area contributed by atoms with E-state index in [4.69, 9.17) is 5.26 Å². The summed E-state index contributed by atoms with van der Waals surface area (Å²) >= 11 is 0. The Kier molecular flexibility index (Phi) is 0.689. The van der Waals surface area contributed by atoms with E-state index in [9.17, 15) is 0 Å². The first-order valence-electron chi connectivity index (χ1n) is 2.92. The van der Waals surface area contributed by atoms with E-state index in [1.54, 1.807) is 0 Å². The smallest absolute Gasteiger partial charge is 0.0994 e. The Morgan fingerprint density at radius 2 is 2.33 bits per heavy atom. The van der Waals surface area contributed by atoms with E-state index in [1.165, 1.54) is 11.1 Å². The van der Waals surface area contributed by atoms with Gasteiger partial charge in [-0.1, -0.05) is 12.1 Å². The first-order chi connectivity index (χ1) is 4.42. The van der Waals surface area contributed by atoms with Gasteiger partial charge in [0.05, 0.1) is 11.6 Å². The highest BCUT2D eigenvalue weighted by Crippen LogP contribution is 2.30. The summed E-state index contributed by atoms with van der Waals surface area (Å²) in [5.74, 6) is 0. The lowest BCUT2D eigenvalue weighted by atomic mass is 10.2. The van der Waals surface area contributed by atoms with Crippen molar-refractivity contribution in [3.05, 3.63) is 34.9 Å². The van der Waals surface area contributed by atoms with Gasteiger partial charge in [0.15, 0.2) is 0 Å². The number of hydrogen-bond donors (Lipinski definition) is 0. The highest BCUT2D eigenvalue weighted by molar-refractivity contribution is 5.55. The molecule has 0 saturated carbocycles. The predicted octanol–water partition coefficient (Wildman–Crippen LogP) is 1.46. The zero-order valence-electron chi connectivity index (χ0n) is 4.89. The van der Waals surface area contributed by atoms with Gasteiger partial charge in [0.25, 0.3) is 0 Å². The molecule has 0 bridgehead atoms. The highest BCUT2D eigenvalue weighted by Gasteiger charge is 2.19. The Labute approximate surface area is 53.5 Å². The molecule has 0 amide bonds. The van der Waals surface area contributed by atoms with Crippen LogP contribution in [-0.4, -0.2) is 0 Å². The minimum atomic E-state index is 0.854. The monoisotopic (exact) mass is 115 g/mol. The van der Waals surface area contributed by atoms with E-state index in [2.05, 4.69) is 12.1 Å². The Balaban J connectivity index is 2.67. The minimum Gasteiger partial charge on any atom is -0.192 e. The van der Waals surface area contributed by atoms with E-state index < -0.39 is 0 Å². The van der Waals surface area contributed by atoms with E-state index in [-0.39, 0.29) is 0 Å². The van der Waals surface area contributed by atoms with E-state index in [1.807, 2.05) is 12.1 Å². The van der Waals surface area contributed by atoms with Crippen molar-refractivity contribution in [1.29, 1.82) is 5.26 Å². The summed E-state index contributed by atoms with van der Waals surface area (Å²) in [4.78, 5) is 0. The van der Waals surface area contributed by atoms with E-state index in [0.29, 0.717) is 0 Å². The lowest BCUT2D eigenvalue weighted by molar-refractivity contribution is 1.48. The predicted molar refractivity (Wildman–Crippen MR) is 34.0 cm³/mol.